The fourth-order valence-electron chi connectivity index (χ4n) is 1.48. The molecule has 20 heavy (non-hydrogen) atoms. The van der Waals surface area contributed by atoms with Crippen LogP contribution in [0.1, 0.15) is 10.4 Å². The first-order valence-corrected chi connectivity index (χ1v) is 9.70. The molecule has 104 valence electrons. The second kappa shape index (κ2) is 7.42. The molecule has 0 saturated carbocycles. The maximum absolute atomic E-state index is 12.3. The number of halogens is 5. The Morgan fingerprint density at radius 2 is 1.70 bits per heavy atom. The molecule has 0 heterocycles. The van der Waals surface area contributed by atoms with Gasteiger partial charge in [-0.3, -0.25) is 4.79 Å². The van der Waals surface area contributed by atoms with E-state index in [1.807, 2.05) is 12.1 Å². The first-order valence-electron chi connectivity index (χ1n) is 5.29. The first-order chi connectivity index (χ1) is 9.38. The Hall–Kier alpha value is 0.870. The van der Waals surface area contributed by atoms with Crippen molar-refractivity contribution in [2.45, 2.75) is 0 Å². The highest BCUT2D eigenvalue weighted by Crippen LogP contribution is 2.28. The van der Waals surface area contributed by atoms with Gasteiger partial charge < -0.3 is 5.32 Å². The lowest BCUT2D eigenvalue weighted by molar-refractivity contribution is 0.102. The Bertz CT molecular complexity index is 670. The molecule has 0 aromatic heterocycles. The molecule has 2 aromatic rings. The van der Waals surface area contributed by atoms with E-state index in [4.69, 9.17) is 11.6 Å². The molecule has 2 aromatic carbocycles. The van der Waals surface area contributed by atoms with Crippen LogP contribution in [-0.2, 0) is 0 Å². The monoisotopic (exact) mass is 687 g/mol. The van der Waals surface area contributed by atoms with Crippen LogP contribution in [0.25, 0.3) is 0 Å². The maximum atomic E-state index is 12.3. The van der Waals surface area contributed by atoms with Crippen LogP contribution in [0.2, 0.25) is 5.02 Å². The zero-order valence-electron chi connectivity index (χ0n) is 9.68. The molecule has 0 fully saturated rings. The molecule has 0 unspecified atom stereocenters. The average molecular weight is 688 g/mol. The van der Waals surface area contributed by atoms with E-state index in [9.17, 15) is 4.79 Å². The van der Waals surface area contributed by atoms with Crippen molar-refractivity contribution in [1.29, 1.82) is 0 Å². The number of amides is 1. The van der Waals surface area contributed by atoms with Crippen LogP contribution in [0, 0.1) is 10.7 Å². The van der Waals surface area contributed by atoms with Crippen LogP contribution in [0.4, 0.5) is 5.69 Å². The maximum Gasteiger partial charge on any atom is 0.255 e. The highest BCUT2D eigenvalue weighted by Gasteiger charge is 2.13. The molecule has 0 spiro atoms. The van der Waals surface area contributed by atoms with Gasteiger partial charge in [0.25, 0.3) is 5.91 Å². The van der Waals surface area contributed by atoms with E-state index in [-0.39, 0.29) is 5.91 Å². The zero-order chi connectivity index (χ0) is 14.9. The number of nitrogens with one attached hydrogen (secondary N) is 1. The molecule has 0 saturated heterocycles. The summed E-state index contributed by atoms with van der Waals surface area (Å²) >= 11 is 16.0. The second-order valence-corrected chi connectivity index (χ2v) is 8.66. The van der Waals surface area contributed by atoms with Crippen LogP contribution in [0.3, 0.4) is 0 Å². The van der Waals surface area contributed by atoms with Gasteiger partial charge in [0.1, 0.15) is 0 Å². The minimum Gasteiger partial charge on any atom is -0.320 e. The van der Waals surface area contributed by atoms with Gasteiger partial charge in [0.05, 0.1) is 10.7 Å². The molecule has 0 aliphatic carbocycles. The third kappa shape index (κ3) is 4.20. The number of hydrogen-bond acceptors (Lipinski definition) is 1. The van der Waals surface area contributed by atoms with Gasteiger partial charge in [-0.2, -0.15) is 0 Å². The first kappa shape index (κ1) is 17.2. The van der Waals surface area contributed by atoms with E-state index < -0.39 is 0 Å². The molecule has 0 radical (unpaired) electrons. The number of carbonyl (C=O) groups is 1. The summed E-state index contributed by atoms with van der Waals surface area (Å²) in [5, 5.41) is 3.53. The smallest absolute Gasteiger partial charge is 0.255 e. The normalized spacial score (nSPS) is 10.4. The summed E-state index contributed by atoms with van der Waals surface area (Å²) in [6.45, 7) is 0. The molecule has 1 amide bonds. The van der Waals surface area contributed by atoms with Gasteiger partial charge in [0.15, 0.2) is 0 Å². The van der Waals surface area contributed by atoms with E-state index in [2.05, 4.69) is 89.0 Å². The van der Waals surface area contributed by atoms with Crippen molar-refractivity contribution in [3.8, 4) is 0 Å². The van der Waals surface area contributed by atoms with Gasteiger partial charge in [0.2, 0.25) is 0 Å². The van der Waals surface area contributed by atoms with Crippen LogP contribution in [0.15, 0.2) is 34.8 Å². The molecule has 0 atom stereocenters. The zero-order valence-corrected chi connectivity index (χ0v) is 18.5. The Morgan fingerprint density at radius 1 is 1.10 bits per heavy atom. The lowest BCUT2D eigenvalue weighted by Crippen LogP contribution is -2.14. The fraction of sp³-hybridized carbons (Fsp3) is 0. The Morgan fingerprint density at radius 3 is 2.25 bits per heavy atom. The summed E-state index contributed by atoms with van der Waals surface area (Å²) in [7, 11) is 0. The van der Waals surface area contributed by atoms with Crippen molar-refractivity contribution in [2.24, 2.45) is 0 Å². The van der Waals surface area contributed by atoms with Crippen LogP contribution < -0.4 is 5.32 Å². The average Bonchev–Trinajstić information content (AvgIpc) is 2.36. The summed E-state index contributed by atoms with van der Waals surface area (Å²) in [5.41, 5.74) is 1.40. The fourth-order valence-corrected chi connectivity index (χ4v) is 5.83. The Kier molecular flexibility index (Phi) is 6.40. The Balaban J connectivity index is 2.30. The van der Waals surface area contributed by atoms with Crippen molar-refractivity contribution in [1.82, 2.24) is 0 Å². The summed E-state index contributed by atoms with van der Waals surface area (Å²) in [5.74, 6) is -0.153. The molecular formula is C13H6BrClI3NO. The molecule has 0 aliphatic heterocycles. The summed E-state index contributed by atoms with van der Waals surface area (Å²) in [6.07, 6.45) is 0. The molecule has 7 heteroatoms. The highest BCUT2D eigenvalue weighted by molar-refractivity contribution is 14.1. The molecule has 1 N–H and O–H groups in total. The molecule has 0 bridgehead atoms. The van der Waals surface area contributed by atoms with E-state index in [1.165, 1.54) is 0 Å². The Labute approximate surface area is 171 Å². The van der Waals surface area contributed by atoms with Crippen molar-refractivity contribution in [3.63, 3.8) is 0 Å². The number of hydrogen-bond donors (Lipinski definition) is 1. The lowest BCUT2D eigenvalue weighted by Gasteiger charge is -2.11. The largest absolute Gasteiger partial charge is 0.320 e. The number of carbonyl (C=O) groups excluding carboxylic acids is 1. The van der Waals surface area contributed by atoms with Gasteiger partial charge in [-0.1, -0.05) is 11.6 Å². The topological polar surface area (TPSA) is 29.1 Å². The SMILES string of the molecule is O=C(Nc1c(I)cc(I)cc1I)c1ccc(Cl)c(Br)c1. The van der Waals surface area contributed by atoms with E-state index in [0.717, 1.165) is 16.4 Å². The predicted molar refractivity (Wildman–Crippen MR) is 112 cm³/mol. The third-order valence-corrected chi connectivity index (χ3v) is 5.97. The summed E-state index contributed by atoms with van der Waals surface area (Å²) in [4.78, 5) is 12.3. The van der Waals surface area contributed by atoms with Crippen molar-refractivity contribution in [2.75, 3.05) is 5.32 Å². The molecule has 2 rings (SSSR count). The summed E-state index contributed by atoms with van der Waals surface area (Å²) in [6, 6.07) is 9.16. The molecule has 2 nitrogen and oxygen atoms in total. The van der Waals surface area contributed by atoms with Crippen molar-refractivity contribution >= 4 is 107 Å². The number of anilines is 1. The van der Waals surface area contributed by atoms with Gasteiger partial charge in [0, 0.05) is 20.7 Å². The van der Waals surface area contributed by atoms with Gasteiger partial charge in [-0.25, -0.2) is 0 Å². The van der Waals surface area contributed by atoms with Crippen LogP contribution >= 0.6 is 95.3 Å². The minimum absolute atomic E-state index is 0.153. The van der Waals surface area contributed by atoms with Gasteiger partial charge in [-0.05, 0) is 114 Å². The van der Waals surface area contributed by atoms with Crippen molar-refractivity contribution < 1.29 is 4.79 Å². The van der Waals surface area contributed by atoms with Gasteiger partial charge >= 0.3 is 0 Å². The molecule has 0 aliphatic rings. The number of rotatable bonds is 2. The third-order valence-electron chi connectivity index (χ3n) is 2.43. The summed E-state index contributed by atoms with van der Waals surface area (Å²) < 4.78 is 3.88. The standard InChI is InChI=1S/C13H6BrClI3NO/c14-8-3-6(1-2-9(8)15)13(20)19-12-10(17)4-7(16)5-11(12)18/h1-5H,(H,19,20). The lowest BCUT2D eigenvalue weighted by atomic mass is 10.2. The number of benzene rings is 2. The minimum atomic E-state index is -0.153. The van der Waals surface area contributed by atoms with Crippen LogP contribution in [0.5, 0.6) is 0 Å². The molecular weight excluding hydrogens is 682 g/mol. The van der Waals surface area contributed by atoms with Gasteiger partial charge in [-0.15, -0.1) is 0 Å². The quantitative estimate of drug-likeness (QED) is 0.377. The predicted octanol–water partition coefficient (Wildman–Crippen LogP) is 6.17. The highest BCUT2D eigenvalue weighted by atomic mass is 127. The van der Waals surface area contributed by atoms with Crippen LogP contribution in [-0.4, -0.2) is 5.91 Å². The van der Waals surface area contributed by atoms with Crippen molar-refractivity contribution in [3.05, 3.63) is 56.1 Å². The second-order valence-electron chi connectivity index (χ2n) is 3.83. The van der Waals surface area contributed by atoms with E-state index in [1.54, 1.807) is 18.2 Å². The van der Waals surface area contributed by atoms with E-state index in [0.29, 0.717) is 15.1 Å². The van der Waals surface area contributed by atoms with E-state index >= 15 is 0 Å².